The number of hydrogen-bond acceptors (Lipinski definition) is 4. The number of amides is 1. The molecule has 0 saturated carbocycles. The number of anilines is 1. The van der Waals surface area contributed by atoms with Crippen LogP contribution < -0.4 is 15.4 Å². The van der Waals surface area contributed by atoms with Crippen LogP contribution in [-0.2, 0) is 18.3 Å². The number of hydrogen-bond donors (Lipinski definition) is 2. The van der Waals surface area contributed by atoms with Crippen LogP contribution in [0, 0.1) is 5.82 Å². The van der Waals surface area contributed by atoms with E-state index >= 15 is 0 Å². The molecule has 2 aromatic heterocycles. The third kappa shape index (κ3) is 4.70. The van der Waals surface area contributed by atoms with Crippen LogP contribution in [0.2, 0.25) is 0 Å². The second kappa shape index (κ2) is 8.93. The van der Waals surface area contributed by atoms with E-state index in [9.17, 15) is 9.18 Å². The monoisotopic (exact) mass is 434 g/mol. The van der Waals surface area contributed by atoms with Crippen molar-refractivity contribution >= 4 is 39.8 Å². The third-order valence-electron chi connectivity index (χ3n) is 4.63. The fourth-order valence-corrected chi connectivity index (χ4v) is 3.42. The van der Waals surface area contributed by atoms with E-state index in [1.54, 1.807) is 12.3 Å². The molecule has 0 atom stereocenters. The lowest BCUT2D eigenvalue weighted by molar-refractivity contribution is -0.119. The highest BCUT2D eigenvalue weighted by atomic mass is 32.1. The van der Waals surface area contributed by atoms with E-state index in [-0.39, 0.29) is 34.8 Å². The first-order valence-corrected chi connectivity index (χ1v) is 9.93. The SMILES string of the molecule is Cn1ccc2ccnc(Oc3c(F)cccc3NC(=S)NC(=O)Cc3ccccc3)c21. The quantitative estimate of drug-likeness (QED) is 0.451. The van der Waals surface area contributed by atoms with Crippen LogP contribution in [0.1, 0.15) is 5.56 Å². The number of benzene rings is 2. The standard InChI is InChI=1S/C23H19FN4O2S/c1-28-13-11-16-10-12-25-22(20(16)28)30-21-17(24)8-5-9-18(21)26-23(31)27-19(29)14-15-6-3-2-4-7-15/h2-13H,14H2,1H3,(H2,26,27,29,31). The summed E-state index contributed by atoms with van der Waals surface area (Å²) in [5.41, 5.74) is 1.87. The molecule has 0 bridgehead atoms. The van der Waals surface area contributed by atoms with Gasteiger partial charge in [-0.25, -0.2) is 9.37 Å². The average Bonchev–Trinajstić information content (AvgIpc) is 3.13. The van der Waals surface area contributed by atoms with E-state index < -0.39 is 5.82 Å². The molecular weight excluding hydrogens is 415 g/mol. The molecule has 31 heavy (non-hydrogen) atoms. The molecule has 8 heteroatoms. The molecule has 2 heterocycles. The van der Waals surface area contributed by atoms with Crippen molar-refractivity contribution in [3.05, 3.63) is 84.4 Å². The first kappa shape index (κ1) is 20.5. The maximum atomic E-state index is 14.6. The van der Waals surface area contributed by atoms with E-state index in [2.05, 4.69) is 15.6 Å². The molecule has 2 N–H and O–H groups in total. The summed E-state index contributed by atoms with van der Waals surface area (Å²) >= 11 is 5.24. The highest BCUT2D eigenvalue weighted by Crippen LogP contribution is 2.34. The Morgan fingerprint density at radius 1 is 1.13 bits per heavy atom. The lowest BCUT2D eigenvalue weighted by Gasteiger charge is -2.15. The summed E-state index contributed by atoms with van der Waals surface area (Å²) in [6.45, 7) is 0. The highest BCUT2D eigenvalue weighted by Gasteiger charge is 2.16. The maximum Gasteiger partial charge on any atom is 0.244 e. The number of aryl methyl sites for hydroxylation is 1. The van der Waals surface area contributed by atoms with Gasteiger partial charge in [0, 0.05) is 24.8 Å². The topological polar surface area (TPSA) is 68.2 Å². The molecule has 0 radical (unpaired) electrons. The molecule has 0 aliphatic rings. The molecule has 1 amide bonds. The Bertz CT molecular complexity index is 1260. The van der Waals surface area contributed by atoms with Crippen LogP contribution in [0.25, 0.3) is 10.9 Å². The number of ether oxygens (including phenoxy) is 1. The summed E-state index contributed by atoms with van der Waals surface area (Å²) in [6, 6.07) is 17.5. The number of carbonyl (C=O) groups is 1. The third-order valence-corrected chi connectivity index (χ3v) is 4.83. The number of pyridine rings is 1. The van der Waals surface area contributed by atoms with Gasteiger partial charge < -0.3 is 19.9 Å². The predicted octanol–water partition coefficient (Wildman–Crippen LogP) is 4.56. The van der Waals surface area contributed by atoms with Gasteiger partial charge >= 0.3 is 0 Å². The summed E-state index contributed by atoms with van der Waals surface area (Å²) in [6.07, 6.45) is 3.64. The number of nitrogens with zero attached hydrogens (tertiary/aromatic N) is 2. The summed E-state index contributed by atoms with van der Waals surface area (Å²) < 4.78 is 22.3. The smallest absolute Gasteiger partial charge is 0.244 e. The molecule has 0 spiro atoms. The Hall–Kier alpha value is -3.78. The minimum Gasteiger partial charge on any atom is -0.432 e. The van der Waals surface area contributed by atoms with Crippen molar-refractivity contribution in [2.75, 3.05) is 5.32 Å². The zero-order valence-electron chi connectivity index (χ0n) is 16.6. The minimum atomic E-state index is -0.587. The Morgan fingerprint density at radius 3 is 2.74 bits per heavy atom. The van der Waals surface area contributed by atoms with Crippen molar-refractivity contribution < 1.29 is 13.9 Å². The van der Waals surface area contributed by atoms with Crippen molar-refractivity contribution in [2.24, 2.45) is 7.05 Å². The second-order valence-corrected chi connectivity index (χ2v) is 7.27. The number of carbonyl (C=O) groups excluding carboxylic acids is 1. The van der Waals surface area contributed by atoms with Gasteiger partial charge in [0.1, 0.15) is 5.52 Å². The molecule has 2 aromatic carbocycles. The Morgan fingerprint density at radius 2 is 1.94 bits per heavy atom. The van der Waals surface area contributed by atoms with Gasteiger partial charge in [0.25, 0.3) is 0 Å². The van der Waals surface area contributed by atoms with E-state index in [4.69, 9.17) is 17.0 Å². The van der Waals surface area contributed by atoms with Crippen LogP contribution in [0.3, 0.4) is 0 Å². The summed E-state index contributed by atoms with van der Waals surface area (Å²) in [5, 5.41) is 6.41. The predicted molar refractivity (Wildman–Crippen MR) is 122 cm³/mol. The lowest BCUT2D eigenvalue weighted by Crippen LogP contribution is -2.35. The van der Waals surface area contributed by atoms with E-state index in [0.717, 1.165) is 16.5 Å². The first-order chi connectivity index (χ1) is 15.0. The second-order valence-electron chi connectivity index (χ2n) is 6.86. The molecule has 4 rings (SSSR count). The molecule has 0 saturated heterocycles. The number of rotatable bonds is 5. The van der Waals surface area contributed by atoms with E-state index in [0.29, 0.717) is 0 Å². The zero-order chi connectivity index (χ0) is 21.8. The number of halogens is 1. The molecule has 0 fully saturated rings. The molecule has 0 aliphatic heterocycles. The van der Waals surface area contributed by atoms with Gasteiger partial charge in [0.05, 0.1) is 12.1 Å². The summed E-state index contributed by atoms with van der Waals surface area (Å²) in [4.78, 5) is 16.5. The highest BCUT2D eigenvalue weighted by molar-refractivity contribution is 7.80. The van der Waals surface area contributed by atoms with Crippen molar-refractivity contribution in [1.29, 1.82) is 0 Å². The summed E-state index contributed by atoms with van der Waals surface area (Å²) in [7, 11) is 1.86. The van der Waals surface area contributed by atoms with Gasteiger partial charge in [-0.2, -0.15) is 0 Å². The van der Waals surface area contributed by atoms with Gasteiger partial charge in [-0.15, -0.1) is 0 Å². The van der Waals surface area contributed by atoms with Crippen LogP contribution in [-0.4, -0.2) is 20.6 Å². The maximum absolute atomic E-state index is 14.6. The molecule has 0 aliphatic carbocycles. The lowest BCUT2D eigenvalue weighted by atomic mass is 10.1. The van der Waals surface area contributed by atoms with Crippen LogP contribution in [0.5, 0.6) is 11.6 Å². The molecule has 6 nitrogen and oxygen atoms in total. The number of thiocarbonyl (C=S) groups is 1. The largest absolute Gasteiger partial charge is 0.432 e. The minimum absolute atomic E-state index is 0.0430. The van der Waals surface area contributed by atoms with Gasteiger partial charge in [-0.05, 0) is 42.0 Å². The van der Waals surface area contributed by atoms with Crippen molar-refractivity contribution in [3.63, 3.8) is 0 Å². The Kier molecular flexibility index (Phi) is 5.90. The van der Waals surface area contributed by atoms with E-state index in [1.807, 2.05) is 60.3 Å². The first-order valence-electron chi connectivity index (χ1n) is 9.52. The van der Waals surface area contributed by atoms with Crippen LogP contribution in [0.15, 0.2) is 73.1 Å². The van der Waals surface area contributed by atoms with Crippen LogP contribution in [0.4, 0.5) is 10.1 Å². The van der Waals surface area contributed by atoms with Gasteiger partial charge in [0.15, 0.2) is 16.7 Å². The van der Waals surface area contributed by atoms with Crippen molar-refractivity contribution in [2.45, 2.75) is 6.42 Å². The van der Waals surface area contributed by atoms with Gasteiger partial charge in [-0.3, -0.25) is 4.79 Å². The molecule has 4 aromatic rings. The summed E-state index contributed by atoms with van der Waals surface area (Å²) in [5.74, 6) is -0.671. The fraction of sp³-hybridized carbons (Fsp3) is 0.0870. The molecule has 0 unspecified atom stereocenters. The number of para-hydroxylation sites is 1. The average molecular weight is 434 g/mol. The molecular formula is C23H19FN4O2S. The normalized spacial score (nSPS) is 10.6. The fourth-order valence-electron chi connectivity index (χ4n) is 3.19. The Balaban J connectivity index is 1.52. The number of fused-ring (bicyclic) bond motifs is 1. The van der Waals surface area contributed by atoms with Gasteiger partial charge in [0.2, 0.25) is 11.8 Å². The van der Waals surface area contributed by atoms with Crippen molar-refractivity contribution in [3.8, 4) is 11.6 Å². The van der Waals surface area contributed by atoms with Gasteiger partial charge in [-0.1, -0.05) is 36.4 Å². The number of aromatic nitrogens is 2. The zero-order valence-corrected chi connectivity index (χ0v) is 17.4. The van der Waals surface area contributed by atoms with Crippen LogP contribution >= 0.6 is 12.2 Å². The number of nitrogens with one attached hydrogen (secondary N) is 2. The van der Waals surface area contributed by atoms with E-state index in [1.165, 1.54) is 12.1 Å². The Labute approximate surface area is 183 Å². The van der Waals surface area contributed by atoms with Crippen molar-refractivity contribution in [1.82, 2.24) is 14.9 Å². The molecule has 156 valence electrons.